The minimum Gasteiger partial charge on any atom is -0.384 e. The molecule has 0 radical (unpaired) electrons. The molecule has 0 fully saturated rings. The van der Waals surface area contributed by atoms with Crippen LogP contribution in [-0.4, -0.2) is 14.5 Å². The maximum absolute atomic E-state index is 13.0. The third-order valence-corrected chi connectivity index (χ3v) is 4.01. The van der Waals surface area contributed by atoms with Gasteiger partial charge in [0, 0.05) is 0 Å². The fourth-order valence-electron chi connectivity index (χ4n) is 2.32. The van der Waals surface area contributed by atoms with Crippen molar-refractivity contribution in [2.45, 2.75) is 13.0 Å². The topological polar surface area (TPSA) is 99.8 Å². The van der Waals surface area contributed by atoms with Crippen LogP contribution in [0.2, 0.25) is 10.0 Å². The van der Waals surface area contributed by atoms with E-state index in [0.29, 0.717) is 27.9 Å². The lowest BCUT2D eigenvalue weighted by molar-refractivity contribution is 0.695. The summed E-state index contributed by atoms with van der Waals surface area (Å²) in [5.74, 6) is 0.706. The van der Waals surface area contributed by atoms with Crippen LogP contribution in [0, 0.1) is 0 Å². The molecule has 0 aliphatic carbocycles. The van der Waals surface area contributed by atoms with Gasteiger partial charge in [0.05, 0.1) is 38.9 Å². The molecule has 1 aromatic carbocycles. The molecule has 0 bridgehead atoms. The Morgan fingerprint density at radius 2 is 1.87 bits per heavy atom. The molecule has 0 saturated heterocycles. The monoisotopic (exact) mass is 349 g/mol. The number of pyridine rings is 1. The molecule has 0 unspecified atom stereocenters. The predicted molar refractivity (Wildman–Crippen MR) is 92.2 cm³/mol. The number of benzene rings is 1. The Hall–Kier alpha value is -2.15. The van der Waals surface area contributed by atoms with Crippen LogP contribution in [0.5, 0.6) is 0 Å². The molecule has 8 heteroatoms. The minimum atomic E-state index is -0.500. The highest BCUT2D eigenvalue weighted by Gasteiger charge is 2.19. The zero-order valence-electron chi connectivity index (χ0n) is 12.1. The number of nitrogens with zero attached hydrogens (tertiary/aromatic N) is 3. The third kappa shape index (κ3) is 2.65. The van der Waals surface area contributed by atoms with Gasteiger partial charge < -0.3 is 11.5 Å². The van der Waals surface area contributed by atoms with E-state index in [0.717, 1.165) is 0 Å². The van der Waals surface area contributed by atoms with Crippen LogP contribution in [0.4, 0.5) is 5.82 Å². The normalized spacial score (nSPS) is 12.5. The molecule has 23 heavy (non-hydrogen) atoms. The first-order valence-corrected chi connectivity index (χ1v) is 7.54. The van der Waals surface area contributed by atoms with Crippen LogP contribution in [0.15, 0.2) is 35.3 Å². The first kappa shape index (κ1) is 15.7. The molecular weight excluding hydrogens is 337 g/mol. The number of halogens is 2. The number of aromatic nitrogens is 3. The van der Waals surface area contributed by atoms with Crippen molar-refractivity contribution in [3.8, 4) is 5.69 Å². The summed E-state index contributed by atoms with van der Waals surface area (Å²) >= 11 is 12.3. The van der Waals surface area contributed by atoms with Gasteiger partial charge in [-0.05, 0) is 31.2 Å². The van der Waals surface area contributed by atoms with Gasteiger partial charge >= 0.3 is 0 Å². The Labute approximate surface area is 141 Å². The molecule has 0 aliphatic rings. The number of rotatable bonds is 2. The summed E-state index contributed by atoms with van der Waals surface area (Å²) in [7, 11) is 0. The third-order valence-electron chi connectivity index (χ3n) is 3.39. The average molecular weight is 350 g/mol. The lowest BCUT2D eigenvalue weighted by Gasteiger charge is -2.16. The van der Waals surface area contributed by atoms with Crippen molar-refractivity contribution >= 4 is 39.9 Å². The van der Waals surface area contributed by atoms with Crippen LogP contribution < -0.4 is 17.0 Å². The molecule has 6 nitrogen and oxygen atoms in total. The minimum absolute atomic E-state index is 0.236. The molecule has 4 N–H and O–H groups in total. The van der Waals surface area contributed by atoms with E-state index >= 15 is 0 Å². The standard InChI is InChI=1S/C15H13Cl2N5O/c1-7(18)14-21-13-10(17)4-3-9(16)12(13)15(23)22(14)8-2-5-11(19)20-6-8/h2-7H,18H2,1H3,(H2,19,20)/t7-/m0/s1. The first-order chi connectivity index (χ1) is 10.9. The van der Waals surface area contributed by atoms with E-state index in [1.807, 2.05) is 0 Å². The maximum atomic E-state index is 13.0. The van der Waals surface area contributed by atoms with Gasteiger partial charge in [0.1, 0.15) is 11.6 Å². The fraction of sp³-hybridized carbons (Fsp3) is 0.133. The van der Waals surface area contributed by atoms with Gasteiger partial charge in [-0.3, -0.25) is 9.36 Å². The van der Waals surface area contributed by atoms with E-state index in [-0.39, 0.29) is 16.0 Å². The Morgan fingerprint density at radius 3 is 2.48 bits per heavy atom. The van der Waals surface area contributed by atoms with Gasteiger partial charge in [-0.1, -0.05) is 23.2 Å². The van der Waals surface area contributed by atoms with E-state index in [1.165, 1.54) is 10.8 Å². The summed E-state index contributed by atoms with van der Waals surface area (Å²) in [4.78, 5) is 21.4. The highest BCUT2D eigenvalue weighted by atomic mass is 35.5. The number of hydrogen-bond donors (Lipinski definition) is 2. The van der Waals surface area contributed by atoms with Crippen molar-refractivity contribution < 1.29 is 0 Å². The molecule has 0 aliphatic heterocycles. The number of fused-ring (bicyclic) bond motifs is 1. The Balaban J connectivity index is 2.47. The lowest BCUT2D eigenvalue weighted by atomic mass is 10.2. The second-order valence-corrected chi connectivity index (χ2v) is 5.91. The summed E-state index contributed by atoms with van der Waals surface area (Å²) in [5, 5.41) is 0.849. The molecule has 2 aromatic heterocycles. The van der Waals surface area contributed by atoms with Crippen molar-refractivity contribution in [3.05, 3.63) is 56.7 Å². The van der Waals surface area contributed by atoms with Crippen LogP contribution in [0.1, 0.15) is 18.8 Å². The Kier molecular flexibility index (Phi) is 3.97. The van der Waals surface area contributed by atoms with Crippen molar-refractivity contribution in [1.29, 1.82) is 0 Å². The van der Waals surface area contributed by atoms with E-state index in [9.17, 15) is 4.79 Å². The van der Waals surface area contributed by atoms with Gasteiger partial charge in [0.15, 0.2) is 0 Å². The highest BCUT2D eigenvalue weighted by Crippen LogP contribution is 2.27. The van der Waals surface area contributed by atoms with Crippen molar-refractivity contribution in [2.75, 3.05) is 5.73 Å². The fourth-order valence-corrected chi connectivity index (χ4v) is 2.75. The molecular formula is C15H13Cl2N5O. The second kappa shape index (κ2) is 5.81. The lowest BCUT2D eigenvalue weighted by Crippen LogP contribution is -2.27. The second-order valence-electron chi connectivity index (χ2n) is 5.09. The Bertz CT molecular complexity index is 951. The molecule has 118 valence electrons. The molecule has 2 heterocycles. The maximum Gasteiger partial charge on any atom is 0.267 e. The average Bonchev–Trinajstić information content (AvgIpc) is 2.51. The summed E-state index contributed by atoms with van der Waals surface area (Å²) in [6.07, 6.45) is 1.48. The smallest absolute Gasteiger partial charge is 0.267 e. The van der Waals surface area contributed by atoms with Crippen LogP contribution in [0.25, 0.3) is 16.6 Å². The predicted octanol–water partition coefficient (Wildman–Crippen LogP) is 2.69. The van der Waals surface area contributed by atoms with Crippen molar-refractivity contribution in [2.24, 2.45) is 5.73 Å². The van der Waals surface area contributed by atoms with E-state index in [4.69, 9.17) is 34.7 Å². The van der Waals surface area contributed by atoms with Crippen LogP contribution >= 0.6 is 23.2 Å². The summed E-state index contributed by atoms with van der Waals surface area (Å²) in [6, 6.07) is 5.92. The van der Waals surface area contributed by atoms with Gasteiger partial charge in [-0.15, -0.1) is 0 Å². The number of anilines is 1. The molecule has 0 spiro atoms. The zero-order chi connectivity index (χ0) is 16.7. The molecule has 3 aromatic rings. The van der Waals surface area contributed by atoms with Crippen LogP contribution in [-0.2, 0) is 0 Å². The van der Waals surface area contributed by atoms with Gasteiger partial charge in [-0.25, -0.2) is 9.97 Å². The first-order valence-electron chi connectivity index (χ1n) is 6.78. The SMILES string of the molecule is C[C@H](N)c1nc2c(Cl)ccc(Cl)c2c(=O)n1-c1ccc(N)nc1. The summed E-state index contributed by atoms with van der Waals surface area (Å²) in [5.41, 5.74) is 12.1. The zero-order valence-corrected chi connectivity index (χ0v) is 13.6. The van der Waals surface area contributed by atoms with E-state index in [1.54, 1.807) is 31.2 Å². The summed E-state index contributed by atoms with van der Waals surface area (Å²) in [6.45, 7) is 1.73. The molecule has 0 amide bonds. The van der Waals surface area contributed by atoms with Crippen molar-refractivity contribution in [1.82, 2.24) is 14.5 Å². The highest BCUT2D eigenvalue weighted by molar-refractivity contribution is 6.39. The molecule has 3 rings (SSSR count). The number of hydrogen-bond acceptors (Lipinski definition) is 5. The number of nitrogens with two attached hydrogens (primary N) is 2. The number of nitrogen functional groups attached to an aromatic ring is 1. The van der Waals surface area contributed by atoms with Crippen molar-refractivity contribution in [3.63, 3.8) is 0 Å². The Morgan fingerprint density at radius 1 is 1.17 bits per heavy atom. The van der Waals surface area contributed by atoms with Gasteiger partial charge in [-0.2, -0.15) is 0 Å². The van der Waals surface area contributed by atoms with E-state index < -0.39 is 6.04 Å². The largest absolute Gasteiger partial charge is 0.384 e. The quantitative estimate of drug-likeness (QED) is 0.740. The van der Waals surface area contributed by atoms with E-state index in [2.05, 4.69) is 9.97 Å². The molecule has 1 atom stereocenters. The van der Waals surface area contributed by atoms with Gasteiger partial charge in [0.25, 0.3) is 5.56 Å². The van der Waals surface area contributed by atoms with Crippen LogP contribution in [0.3, 0.4) is 0 Å². The molecule has 0 saturated carbocycles. The summed E-state index contributed by atoms with van der Waals surface area (Å²) < 4.78 is 1.38. The van der Waals surface area contributed by atoms with Gasteiger partial charge in [0.2, 0.25) is 0 Å².